The maximum Gasteiger partial charge on any atom is -0.0382 e. The van der Waals surface area contributed by atoms with E-state index >= 15 is 0 Å². The minimum absolute atomic E-state index is 0.903. The molecule has 0 saturated carbocycles. The third-order valence-electron chi connectivity index (χ3n) is 2.96. The molecule has 0 heterocycles. The lowest BCUT2D eigenvalue weighted by molar-refractivity contribution is 0.511. The Morgan fingerprint density at radius 1 is 0.700 bits per heavy atom. The van der Waals surface area contributed by atoms with Crippen LogP contribution in [0, 0.1) is 5.92 Å². The second kappa shape index (κ2) is 26.9. The molecule has 0 rings (SSSR count). The van der Waals surface area contributed by atoms with Crippen LogP contribution in [0.25, 0.3) is 0 Å². The van der Waals surface area contributed by atoms with E-state index < -0.39 is 0 Å². The zero-order valence-corrected chi connectivity index (χ0v) is 15.2. The molecule has 0 amide bonds. The second-order valence-corrected chi connectivity index (χ2v) is 5.70. The van der Waals surface area contributed by atoms with Gasteiger partial charge in [0, 0.05) is 0 Å². The van der Waals surface area contributed by atoms with E-state index in [1.54, 1.807) is 0 Å². The van der Waals surface area contributed by atoms with E-state index in [1.807, 2.05) is 12.2 Å². The highest BCUT2D eigenvalue weighted by molar-refractivity contribution is 4.60. The van der Waals surface area contributed by atoms with E-state index in [1.165, 1.54) is 51.4 Å². The fourth-order valence-corrected chi connectivity index (χ4v) is 1.51. The van der Waals surface area contributed by atoms with Gasteiger partial charge in [-0.25, -0.2) is 0 Å². The van der Waals surface area contributed by atoms with Crippen LogP contribution in [0.4, 0.5) is 0 Å². The summed E-state index contributed by atoms with van der Waals surface area (Å²) < 4.78 is 0. The Kier molecular flexibility index (Phi) is 33.0. The summed E-state index contributed by atoms with van der Waals surface area (Å²) >= 11 is 0. The number of hydrogen-bond donors (Lipinski definition) is 0. The van der Waals surface area contributed by atoms with Crippen LogP contribution in [0.3, 0.4) is 0 Å². The fourth-order valence-electron chi connectivity index (χ4n) is 1.51. The molecule has 20 heavy (non-hydrogen) atoms. The lowest BCUT2D eigenvalue weighted by Gasteiger charge is -2.03. The van der Waals surface area contributed by atoms with Gasteiger partial charge in [0.25, 0.3) is 0 Å². The maximum atomic E-state index is 3.48. The Hall–Kier alpha value is -0.520. The van der Waals surface area contributed by atoms with Gasteiger partial charge in [0.1, 0.15) is 0 Å². The number of rotatable bonds is 10. The van der Waals surface area contributed by atoms with Crippen molar-refractivity contribution in [3.8, 4) is 0 Å². The summed E-state index contributed by atoms with van der Waals surface area (Å²) in [6.45, 7) is 18.0. The van der Waals surface area contributed by atoms with Crippen molar-refractivity contribution in [2.75, 3.05) is 0 Å². The molecule has 0 radical (unpaired) electrons. The zero-order chi connectivity index (χ0) is 16.1. The predicted octanol–water partition coefficient (Wildman–Crippen LogP) is 7.95. The van der Waals surface area contributed by atoms with Crippen molar-refractivity contribution in [2.24, 2.45) is 5.92 Å². The van der Waals surface area contributed by atoms with Crippen LogP contribution in [-0.2, 0) is 0 Å². The van der Waals surface area contributed by atoms with E-state index in [4.69, 9.17) is 0 Å². The SMILES string of the molecule is C=CCC.C=CCC.CCCCCCCCCC(C)C. The highest BCUT2D eigenvalue weighted by Crippen LogP contribution is 2.11. The Bertz CT molecular complexity index is 147. The van der Waals surface area contributed by atoms with Crippen LogP contribution in [0.2, 0.25) is 0 Å². The van der Waals surface area contributed by atoms with Gasteiger partial charge in [-0.2, -0.15) is 0 Å². The third-order valence-corrected chi connectivity index (χ3v) is 2.96. The van der Waals surface area contributed by atoms with Crippen LogP contribution in [0.15, 0.2) is 25.3 Å². The molecule has 0 aliphatic heterocycles. The molecule has 0 heteroatoms. The molecular weight excluding hydrogens is 240 g/mol. The topological polar surface area (TPSA) is 0 Å². The monoisotopic (exact) mass is 282 g/mol. The molecule has 0 nitrogen and oxygen atoms in total. The van der Waals surface area contributed by atoms with Gasteiger partial charge in [-0.3, -0.25) is 0 Å². The van der Waals surface area contributed by atoms with E-state index in [9.17, 15) is 0 Å². The van der Waals surface area contributed by atoms with Gasteiger partial charge < -0.3 is 0 Å². The largest absolute Gasteiger partial charge is 0.103 e. The van der Waals surface area contributed by atoms with E-state index in [0.717, 1.165) is 18.8 Å². The summed E-state index contributed by atoms with van der Waals surface area (Å²) in [5.74, 6) is 0.903. The van der Waals surface area contributed by atoms with Crippen LogP contribution in [0.1, 0.15) is 98.8 Å². The minimum Gasteiger partial charge on any atom is -0.103 e. The maximum absolute atomic E-state index is 3.48. The van der Waals surface area contributed by atoms with Crippen molar-refractivity contribution in [3.05, 3.63) is 25.3 Å². The van der Waals surface area contributed by atoms with Crippen molar-refractivity contribution in [3.63, 3.8) is 0 Å². The second-order valence-electron chi connectivity index (χ2n) is 5.70. The molecule has 0 aromatic rings. The van der Waals surface area contributed by atoms with Gasteiger partial charge >= 0.3 is 0 Å². The van der Waals surface area contributed by atoms with E-state index in [2.05, 4.69) is 47.8 Å². The first-order chi connectivity index (χ1) is 9.60. The minimum atomic E-state index is 0.903. The van der Waals surface area contributed by atoms with E-state index in [0.29, 0.717) is 0 Å². The highest BCUT2D eigenvalue weighted by Gasteiger charge is 1.93. The molecule has 0 aliphatic rings. The Balaban J connectivity index is -0.000000297. The molecule has 0 fully saturated rings. The third kappa shape index (κ3) is 43.2. The van der Waals surface area contributed by atoms with Gasteiger partial charge in [0.05, 0.1) is 0 Å². The van der Waals surface area contributed by atoms with Crippen LogP contribution in [0.5, 0.6) is 0 Å². The average molecular weight is 283 g/mol. The zero-order valence-electron chi connectivity index (χ0n) is 15.2. The fraction of sp³-hybridized carbons (Fsp3) is 0.800. The molecule has 0 saturated heterocycles. The van der Waals surface area contributed by atoms with Crippen molar-refractivity contribution in [1.29, 1.82) is 0 Å². The van der Waals surface area contributed by atoms with Crippen molar-refractivity contribution >= 4 is 0 Å². The summed E-state index contributed by atoms with van der Waals surface area (Å²) in [6.07, 6.45) is 17.4. The van der Waals surface area contributed by atoms with Gasteiger partial charge in [0.2, 0.25) is 0 Å². The number of hydrogen-bond acceptors (Lipinski definition) is 0. The molecule has 0 N–H and O–H groups in total. The van der Waals surface area contributed by atoms with Gasteiger partial charge in [-0.1, -0.05) is 98.1 Å². The first-order valence-corrected chi connectivity index (χ1v) is 8.82. The van der Waals surface area contributed by atoms with Crippen molar-refractivity contribution in [2.45, 2.75) is 98.8 Å². The molecular formula is C20H42. The Labute approximate surface area is 130 Å². The van der Waals surface area contributed by atoms with Crippen molar-refractivity contribution < 1.29 is 0 Å². The standard InChI is InChI=1S/C12H26.2C4H8/c1-4-5-6-7-8-9-10-11-12(2)3;2*1-3-4-2/h12H,4-11H2,1-3H3;2*3H,1,4H2,2H3. The summed E-state index contributed by atoms with van der Waals surface area (Å²) in [5, 5.41) is 0. The molecule has 0 aromatic heterocycles. The lowest BCUT2D eigenvalue weighted by atomic mass is 10.0. The molecule has 0 aromatic carbocycles. The quantitative estimate of drug-likeness (QED) is 0.282. The first-order valence-electron chi connectivity index (χ1n) is 8.82. The lowest BCUT2D eigenvalue weighted by Crippen LogP contribution is -1.87. The van der Waals surface area contributed by atoms with Crippen LogP contribution >= 0.6 is 0 Å². The average Bonchev–Trinajstić information content (AvgIpc) is 2.46. The highest BCUT2D eigenvalue weighted by atomic mass is 14.0. The molecule has 0 aliphatic carbocycles. The predicted molar refractivity (Wildman–Crippen MR) is 98.4 cm³/mol. The van der Waals surface area contributed by atoms with Gasteiger partial charge in [0.15, 0.2) is 0 Å². The molecule has 0 unspecified atom stereocenters. The number of allylic oxidation sites excluding steroid dienone is 2. The van der Waals surface area contributed by atoms with Crippen LogP contribution < -0.4 is 0 Å². The Morgan fingerprint density at radius 3 is 1.35 bits per heavy atom. The van der Waals surface area contributed by atoms with Crippen molar-refractivity contribution in [1.82, 2.24) is 0 Å². The summed E-state index contributed by atoms with van der Waals surface area (Å²) in [4.78, 5) is 0. The van der Waals surface area contributed by atoms with Crippen LogP contribution in [-0.4, -0.2) is 0 Å². The summed E-state index contributed by atoms with van der Waals surface area (Å²) in [6, 6.07) is 0. The number of unbranched alkanes of at least 4 members (excludes halogenated alkanes) is 6. The molecule has 0 spiro atoms. The molecule has 0 atom stereocenters. The van der Waals surface area contributed by atoms with E-state index in [-0.39, 0.29) is 0 Å². The molecule has 0 bridgehead atoms. The Morgan fingerprint density at radius 2 is 1.05 bits per heavy atom. The first kappa shape index (κ1) is 24.5. The summed E-state index contributed by atoms with van der Waals surface area (Å²) in [7, 11) is 0. The summed E-state index contributed by atoms with van der Waals surface area (Å²) in [5.41, 5.74) is 0. The smallest absolute Gasteiger partial charge is 0.0382 e. The van der Waals surface area contributed by atoms with Gasteiger partial charge in [-0.15, -0.1) is 13.2 Å². The van der Waals surface area contributed by atoms with Gasteiger partial charge in [-0.05, 0) is 18.8 Å². The molecule has 122 valence electrons. The normalized spacial score (nSPS) is 9.10.